The minimum atomic E-state index is -0.876. The first kappa shape index (κ1) is 16.3. The number of hydrogen-bond donors (Lipinski definition) is 2. The van der Waals surface area contributed by atoms with E-state index in [4.69, 9.17) is 5.11 Å². The van der Waals surface area contributed by atoms with E-state index in [9.17, 15) is 9.90 Å². The summed E-state index contributed by atoms with van der Waals surface area (Å²) in [4.78, 5) is 15.5. The number of rotatable bonds is 6. The highest BCUT2D eigenvalue weighted by Gasteiger charge is 2.11. The van der Waals surface area contributed by atoms with Gasteiger partial charge in [-0.2, -0.15) is 0 Å². The second-order valence-electron chi connectivity index (χ2n) is 5.94. The predicted octanol–water partition coefficient (Wildman–Crippen LogP) is 2.09. The maximum atomic E-state index is 11.0. The molecule has 1 atom stereocenters. The monoisotopic (exact) mass is 301 g/mol. The molecule has 2 rings (SSSR count). The lowest BCUT2D eigenvalue weighted by molar-refractivity contribution is -0.136. The number of aliphatic carboxylic acids is 1. The molecule has 118 valence electrons. The van der Waals surface area contributed by atoms with Gasteiger partial charge in [0.1, 0.15) is 5.76 Å². The Morgan fingerprint density at radius 3 is 2.86 bits per heavy atom. The first-order valence-corrected chi connectivity index (χ1v) is 7.81. The lowest BCUT2D eigenvalue weighted by Crippen LogP contribution is -2.32. The third-order valence-electron chi connectivity index (χ3n) is 3.84. The normalized spacial score (nSPS) is 14.9. The lowest BCUT2D eigenvalue weighted by Gasteiger charge is -2.11. The fraction of sp³-hybridized carbons (Fsp3) is 0.444. The molecular formula is C18H23NO3. The van der Waals surface area contributed by atoms with Crippen molar-refractivity contribution in [3.05, 3.63) is 39.7 Å². The second kappa shape index (κ2) is 7.25. The maximum absolute atomic E-state index is 11.0. The van der Waals surface area contributed by atoms with Crippen LogP contribution in [0.15, 0.2) is 17.9 Å². The van der Waals surface area contributed by atoms with Crippen molar-refractivity contribution in [1.29, 1.82) is 0 Å². The van der Waals surface area contributed by atoms with Crippen LogP contribution in [0.5, 0.6) is 0 Å². The Bertz CT molecular complexity index is 704. The molecular weight excluding hydrogens is 278 g/mol. The first-order valence-electron chi connectivity index (χ1n) is 7.81. The molecule has 1 aliphatic carbocycles. The van der Waals surface area contributed by atoms with E-state index in [0.717, 1.165) is 35.4 Å². The largest absolute Gasteiger partial charge is 0.508 e. The van der Waals surface area contributed by atoms with Crippen molar-refractivity contribution in [2.45, 2.75) is 46.0 Å². The van der Waals surface area contributed by atoms with Crippen molar-refractivity contribution in [2.75, 3.05) is 0 Å². The van der Waals surface area contributed by atoms with Gasteiger partial charge in [-0.05, 0) is 42.2 Å². The zero-order valence-corrected chi connectivity index (χ0v) is 13.2. The molecule has 0 spiro atoms. The molecule has 0 radical (unpaired) electrons. The number of aromatic nitrogens is 1. The third kappa shape index (κ3) is 4.20. The third-order valence-corrected chi connectivity index (χ3v) is 3.84. The van der Waals surface area contributed by atoms with Crippen LogP contribution in [0.1, 0.15) is 44.5 Å². The van der Waals surface area contributed by atoms with Crippen LogP contribution in [0.4, 0.5) is 0 Å². The van der Waals surface area contributed by atoms with Gasteiger partial charge >= 0.3 is 5.97 Å². The summed E-state index contributed by atoms with van der Waals surface area (Å²) >= 11 is 0. The minimum Gasteiger partial charge on any atom is -0.508 e. The topological polar surface area (TPSA) is 70.4 Å². The number of hydrogen-bond acceptors (Lipinski definition) is 3. The molecule has 0 saturated heterocycles. The van der Waals surface area contributed by atoms with Crippen LogP contribution in [-0.4, -0.2) is 21.2 Å². The highest BCUT2D eigenvalue weighted by Crippen LogP contribution is 2.10. The first-order chi connectivity index (χ1) is 10.5. The zero-order valence-electron chi connectivity index (χ0n) is 13.2. The van der Waals surface area contributed by atoms with Crippen LogP contribution < -0.4 is 10.4 Å². The van der Waals surface area contributed by atoms with Gasteiger partial charge in [-0.1, -0.05) is 32.8 Å². The van der Waals surface area contributed by atoms with E-state index in [1.807, 2.05) is 12.1 Å². The van der Waals surface area contributed by atoms with Crippen LogP contribution in [0.3, 0.4) is 0 Å². The van der Waals surface area contributed by atoms with E-state index in [1.54, 1.807) is 12.2 Å². The molecule has 1 heterocycles. The predicted molar refractivity (Wildman–Crippen MR) is 86.9 cm³/mol. The second-order valence-corrected chi connectivity index (χ2v) is 5.94. The molecule has 2 N–H and O–H groups in total. The number of nitrogens with zero attached hydrogens (tertiary/aromatic N) is 1. The van der Waals surface area contributed by atoms with Crippen molar-refractivity contribution in [3.8, 4) is 0 Å². The minimum absolute atomic E-state index is 0.0737. The van der Waals surface area contributed by atoms with Crippen molar-refractivity contribution >= 4 is 18.1 Å². The van der Waals surface area contributed by atoms with Crippen LogP contribution in [-0.2, 0) is 17.6 Å². The number of carboxylic acid groups (broad SMARTS) is 1. The number of fused-ring (bicyclic) bond motifs is 1. The SMILES string of the molecule is CCCC(C)Cc1nc(CC(=O)O)cc2c1=CC(O)=CCC=2. The summed E-state index contributed by atoms with van der Waals surface area (Å²) in [7, 11) is 0. The number of pyridine rings is 1. The van der Waals surface area contributed by atoms with Gasteiger partial charge < -0.3 is 10.2 Å². The Balaban J connectivity index is 2.52. The molecule has 0 amide bonds. The average molecular weight is 301 g/mol. The summed E-state index contributed by atoms with van der Waals surface area (Å²) in [5.74, 6) is -0.157. The number of allylic oxidation sites excluding steroid dienone is 2. The maximum Gasteiger partial charge on any atom is 0.309 e. The summed E-state index contributed by atoms with van der Waals surface area (Å²) in [5, 5.41) is 20.8. The van der Waals surface area contributed by atoms with Crippen molar-refractivity contribution in [3.63, 3.8) is 0 Å². The lowest BCUT2D eigenvalue weighted by atomic mass is 9.98. The molecule has 0 aliphatic heterocycles. The van der Waals surface area contributed by atoms with Gasteiger partial charge in [0.2, 0.25) is 0 Å². The summed E-state index contributed by atoms with van der Waals surface area (Å²) in [6, 6.07) is 1.82. The van der Waals surface area contributed by atoms with E-state index in [0.29, 0.717) is 18.0 Å². The van der Waals surface area contributed by atoms with E-state index in [1.165, 1.54) is 0 Å². The Kier molecular flexibility index (Phi) is 5.36. The van der Waals surface area contributed by atoms with Crippen molar-refractivity contribution in [2.24, 2.45) is 5.92 Å². The van der Waals surface area contributed by atoms with Crippen LogP contribution >= 0.6 is 0 Å². The molecule has 0 aromatic carbocycles. The molecule has 1 aromatic rings. The van der Waals surface area contributed by atoms with E-state index in [-0.39, 0.29) is 12.2 Å². The number of aliphatic hydroxyl groups excluding tert-OH is 1. The van der Waals surface area contributed by atoms with E-state index < -0.39 is 5.97 Å². The van der Waals surface area contributed by atoms with Gasteiger partial charge in [0.25, 0.3) is 0 Å². The Morgan fingerprint density at radius 2 is 2.18 bits per heavy atom. The Hall–Kier alpha value is -2.10. The van der Waals surface area contributed by atoms with Crippen LogP contribution in [0.25, 0.3) is 12.2 Å². The average Bonchev–Trinajstić information content (AvgIpc) is 2.59. The Labute approximate surface area is 130 Å². The van der Waals surface area contributed by atoms with Gasteiger partial charge in [-0.15, -0.1) is 0 Å². The highest BCUT2D eigenvalue weighted by molar-refractivity contribution is 5.69. The van der Waals surface area contributed by atoms with E-state index in [2.05, 4.69) is 18.8 Å². The smallest absolute Gasteiger partial charge is 0.309 e. The highest BCUT2D eigenvalue weighted by atomic mass is 16.4. The molecule has 0 fully saturated rings. The number of aliphatic hydroxyl groups is 1. The molecule has 1 aliphatic rings. The number of carboxylic acids is 1. The summed E-state index contributed by atoms with van der Waals surface area (Å²) in [6.07, 6.45) is 9.06. The van der Waals surface area contributed by atoms with Crippen molar-refractivity contribution < 1.29 is 15.0 Å². The fourth-order valence-electron chi connectivity index (χ4n) is 2.86. The molecule has 0 saturated carbocycles. The standard InChI is InChI=1S/C18H23NO3/c1-3-5-12(2)8-17-16-11-15(20)7-4-6-13(16)9-14(19-17)10-18(21)22/h6-7,9,11-12,20H,3-5,8,10H2,1-2H3,(H,21,22). The molecule has 4 nitrogen and oxygen atoms in total. The van der Waals surface area contributed by atoms with Crippen LogP contribution in [0.2, 0.25) is 0 Å². The number of carbonyl (C=O) groups is 1. The quantitative estimate of drug-likeness (QED) is 0.844. The van der Waals surface area contributed by atoms with Crippen molar-refractivity contribution in [1.82, 2.24) is 4.98 Å². The molecule has 0 bridgehead atoms. The fourth-order valence-corrected chi connectivity index (χ4v) is 2.86. The Morgan fingerprint density at radius 1 is 1.41 bits per heavy atom. The zero-order chi connectivity index (χ0) is 16.1. The van der Waals surface area contributed by atoms with Gasteiger partial charge in [0.15, 0.2) is 0 Å². The van der Waals surface area contributed by atoms with E-state index >= 15 is 0 Å². The van der Waals surface area contributed by atoms with Gasteiger partial charge in [0, 0.05) is 10.9 Å². The van der Waals surface area contributed by atoms with Gasteiger partial charge in [0.05, 0.1) is 12.1 Å². The van der Waals surface area contributed by atoms with Gasteiger partial charge in [-0.3, -0.25) is 9.78 Å². The summed E-state index contributed by atoms with van der Waals surface area (Å²) < 4.78 is 0. The molecule has 1 unspecified atom stereocenters. The van der Waals surface area contributed by atoms with Gasteiger partial charge in [-0.25, -0.2) is 0 Å². The summed E-state index contributed by atoms with van der Waals surface area (Å²) in [5.41, 5.74) is 1.46. The molecule has 22 heavy (non-hydrogen) atoms. The molecule has 1 aromatic heterocycles. The van der Waals surface area contributed by atoms with Crippen LogP contribution in [0, 0.1) is 5.92 Å². The summed E-state index contributed by atoms with van der Waals surface area (Å²) in [6.45, 7) is 4.33. The molecule has 4 heteroatoms.